The Hall–Kier alpha value is -3.86. The van der Waals surface area contributed by atoms with Gasteiger partial charge in [0.05, 0.1) is 18.4 Å². The summed E-state index contributed by atoms with van der Waals surface area (Å²) in [6.07, 6.45) is 0. The van der Waals surface area contributed by atoms with Gasteiger partial charge in [-0.2, -0.15) is 0 Å². The van der Waals surface area contributed by atoms with Crippen LogP contribution in [-0.4, -0.2) is 18.9 Å². The van der Waals surface area contributed by atoms with Crippen molar-refractivity contribution in [1.29, 1.82) is 0 Å². The van der Waals surface area contributed by atoms with E-state index in [4.69, 9.17) is 4.74 Å². The summed E-state index contributed by atoms with van der Waals surface area (Å²) >= 11 is 0. The SMILES string of the molecule is COc1ccc(C2=C(Nc3cccc(C)c3)C(=O)N(c3ccc(C(C)C)cc3)C2=O)cc1. The van der Waals surface area contributed by atoms with E-state index in [1.54, 1.807) is 31.4 Å². The highest BCUT2D eigenvalue weighted by Crippen LogP contribution is 2.35. The number of rotatable bonds is 6. The van der Waals surface area contributed by atoms with Gasteiger partial charge in [-0.1, -0.05) is 50.2 Å². The molecule has 0 aromatic heterocycles. The van der Waals surface area contributed by atoms with Gasteiger partial charge in [-0.25, -0.2) is 4.90 Å². The highest BCUT2D eigenvalue weighted by atomic mass is 16.5. The highest BCUT2D eigenvalue weighted by molar-refractivity contribution is 6.46. The van der Waals surface area contributed by atoms with Gasteiger partial charge in [-0.05, 0) is 65.9 Å². The van der Waals surface area contributed by atoms with Gasteiger partial charge in [-0.15, -0.1) is 0 Å². The van der Waals surface area contributed by atoms with Crippen molar-refractivity contribution in [3.8, 4) is 5.75 Å². The molecule has 0 aliphatic carbocycles. The molecular formula is C27H26N2O3. The van der Waals surface area contributed by atoms with E-state index in [-0.39, 0.29) is 17.5 Å². The normalized spacial score (nSPS) is 13.8. The lowest BCUT2D eigenvalue weighted by Gasteiger charge is -2.16. The Morgan fingerprint density at radius 3 is 2.16 bits per heavy atom. The van der Waals surface area contributed by atoms with Crippen LogP contribution < -0.4 is 15.0 Å². The first kappa shape index (κ1) is 21.4. The number of ether oxygens (including phenoxy) is 1. The lowest BCUT2D eigenvalue weighted by Crippen LogP contribution is -2.32. The van der Waals surface area contributed by atoms with Gasteiger partial charge in [0.25, 0.3) is 11.8 Å². The van der Waals surface area contributed by atoms with Crippen LogP contribution in [0.3, 0.4) is 0 Å². The van der Waals surface area contributed by atoms with Gasteiger partial charge in [0.15, 0.2) is 0 Å². The van der Waals surface area contributed by atoms with Gasteiger partial charge < -0.3 is 10.1 Å². The molecule has 1 aliphatic rings. The van der Waals surface area contributed by atoms with E-state index in [1.165, 1.54) is 4.90 Å². The van der Waals surface area contributed by atoms with Crippen molar-refractivity contribution < 1.29 is 14.3 Å². The molecule has 1 aliphatic heterocycles. The van der Waals surface area contributed by atoms with E-state index in [1.807, 2.05) is 55.5 Å². The van der Waals surface area contributed by atoms with Crippen LogP contribution in [0.1, 0.15) is 36.5 Å². The third-order valence-electron chi connectivity index (χ3n) is 5.57. The lowest BCUT2D eigenvalue weighted by atomic mass is 10.0. The third kappa shape index (κ3) is 4.02. The fraction of sp³-hybridized carbons (Fsp3) is 0.185. The van der Waals surface area contributed by atoms with Crippen LogP contribution in [0.4, 0.5) is 11.4 Å². The van der Waals surface area contributed by atoms with E-state index >= 15 is 0 Å². The molecule has 162 valence electrons. The van der Waals surface area contributed by atoms with Crippen LogP contribution in [-0.2, 0) is 9.59 Å². The first-order valence-corrected chi connectivity index (χ1v) is 10.6. The minimum Gasteiger partial charge on any atom is -0.497 e. The first-order chi connectivity index (χ1) is 15.4. The number of nitrogens with zero attached hydrogens (tertiary/aromatic N) is 1. The summed E-state index contributed by atoms with van der Waals surface area (Å²) in [5.74, 6) is 0.313. The van der Waals surface area contributed by atoms with Crippen molar-refractivity contribution in [2.24, 2.45) is 0 Å². The Morgan fingerprint density at radius 1 is 0.875 bits per heavy atom. The molecule has 0 fully saturated rings. The number of benzene rings is 3. The predicted molar refractivity (Wildman–Crippen MR) is 128 cm³/mol. The van der Waals surface area contributed by atoms with Gasteiger partial charge >= 0.3 is 0 Å². The van der Waals surface area contributed by atoms with Crippen molar-refractivity contribution in [2.45, 2.75) is 26.7 Å². The summed E-state index contributed by atoms with van der Waals surface area (Å²) in [7, 11) is 1.59. The van der Waals surface area contributed by atoms with Gasteiger partial charge in [0.2, 0.25) is 0 Å². The second kappa shape index (κ2) is 8.71. The van der Waals surface area contributed by atoms with Gasteiger partial charge in [0.1, 0.15) is 11.4 Å². The molecule has 32 heavy (non-hydrogen) atoms. The average Bonchev–Trinajstić information content (AvgIpc) is 3.03. The summed E-state index contributed by atoms with van der Waals surface area (Å²) in [5.41, 5.74) is 4.76. The zero-order chi connectivity index (χ0) is 22.8. The molecule has 0 spiro atoms. The second-order valence-corrected chi connectivity index (χ2v) is 8.16. The fourth-order valence-electron chi connectivity index (χ4n) is 3.78. The summed E-state index contributed by atoms with van der Waals surface area (Å²) in [4.78, 5) is 28.3. The number of amides is 2. The molecule has 0 unspecified atom stereocenters. The number of carbonyl (C=O) groups excluding carboxylic acids is 2. The van der Waals surface area contributed by atoms with Crippen molar-refractivity contribution in [2.75, 3.05) is 17.3 Å². The van der Waals surface area contributed by atoms with E-state index in [0.29, 0.717) is 28.5 Å². The first-order valence-electron chi connectivity index (χ1n) is 10.6. The van der Waals surface area contributed by atoms with Crippen LogP contribution in [0.2, 0.25) is 0 Å². The van der Waals surface area contributed by atoms with Crippen molar-refractivity contribution in [1.82, 2.24) is 0 Å². The number of hydrogen-bond acceptors (Lipinski definition) is 4. The summed E-state index contributed by atoms with van der Waals surface area (Å²) in [5, 5.41) is 3.20. The van der Waals surface area contributed by atoms with Crippen LogP contribution in [0.25, 0.3) is 5.57 Å². The van der Waals surface area contributed by atoms with Crippen LogP contribution in [0.15, 0.2) is 78.5 Å². The van der Waals surface area contributed by atoms with Crippen molar-refractivity contribution in [3.63, 3.8) is 0 Å². The second-order valence-electron chi connectivity index (χ2n) is 8.16. The number of hydrogen-bond donors (Lipinski definition) is 1. The molecule has 5 heteroatoms. The number of carbonyl (C=O) groups is 2. The molecule has 0 saturated heterocycles. The molecular weight excluding hydrogens is 400 g/mol. The molecule has 3 aromatic rings. The van der Waals surface area contributed by atoms with Crippen LogP contribution >= 0.6 is 0 Å². The highest BCUT2D eigenvalue weighted by Gasteiger charge is 2.40. The molecule has 0 radical (unpaired) electrons. The third-order valence-corrected chi connectivity index (χ3v) is 5.57. The Kier molecular flexibility index (Phi) is 5.82. The van der Waals surface area contributed by atoms with E-state index in [2.05, 4.69) is 19.2 Å². The van der Waals surface area contributed by atoms with Crippen molar-refractivity contribution >= 4 is 28.8 Å². The lowest BCUT2D eigenvalue weighted by molar-refractivity contribution is -0.120. The Balaban J connectivity index is 1.78. The monoisotopic (exact) mass is 426 g/mol. The Labute approximate surface area is 188 Å². The minimum atomic E-state index is -0.375. The molecule has 0 bridgehead atoms. The average molecular weight is 427 g/mol. The summed E-state index contributed by atoms with van der Waals surface area (Å²) < 4.78 is 5.24. The maximum absolute atomic E-state index is 13.5. The number of aryl methyl sites for hydroxylation is 1. The molecule has 1 heterocycles. The van der Waals surface area contributed by atoms with Crippen LogP contribution in [0, 0.1) is 6.92 Å². The smallest absolute Gasteiger partial charge is 0.282 e. The molecule has 0 atom stereocenters. The zero-order valence-corrected chi connectivity index (χ0v) is 18.7. The van der Waals surface area contributed by atoms with E-state index in [0.717, 1.165) is 16.8 Å². The van der Waals surface area contributed by atoms with E-state index < -0.39 is 0 Å². The molecule has 4 rings (SSSR count). The summed E-state index contributed by atoms with van der Waals surface area (Å²) in [6.45, 7) is 6.19. The number of methoxy groups -OCH3 is 1. The topological polar surface area (TPSA) is 58.6 Å². The zero-order valence-electron chi connectivity index (χ0n) is 18.7. The standard InChI is InChI=1S/C27H26N2O3/c1-17(2)19-8-12-22(13-9-19)29-26(30)24(20-10-14-23(32-4)15-11-20)25(27(29)31)28-21-7-5-6-18(3)16-21/h5-17,28H,1-4H3. The maximum Gasteiger partial charge on any atom is 0.282 e. The fourth-order valence-corrected chi connectivity index (χ4v) is 3.78. The number of imide groups is 1. The van der Waals surface area contributed by atoms with E-state index in [9.17, 15) is 9.59 Å². The molecule has 5 nitrogen and oxygen atoms in total. The Bertz CT molecular complexity index is 1190. The number of anilines is 2. The number of nitrogens with one attached hydrogen (secondary N) is 1. The quantitative estimate of drug-likeness (QED) is 0.527. The van der Waals surface area contributed by atoms with Crippen molar-refractivity contribution in [3.05, 3.63) is 95.2 Å². The van der Waals surface area contributed by atoms with Gasteiger partial charge in [0, 0.05) is 5.69 Å². The molecule has 1 N–H and O–H groups in total. The van der Waals surface area contributed by atoms with Gasteiger partial charge in [-0.3, -0.25) is 9.59 Å². The largest absolute Gasteiger partial charge is 0.497 e. The van der Waals surface area contributed by atoms with Crippen LogP contribution in [0.5, 0.6) is 5.75 Å². The molecule has 3 aromatic carbocycles. The predicted octanol–water partition coefficient (Wildman–Crippen LogP) is 5.52. The summed E-state index contributed by atoms with van der Waals surface area (Å²) in [6, 6.07) is 22.4. The minimum absolute atomic E-state index is 0.263. The molecule has 2 amide bonds. The maximum atomic E-state index is 13.5. The Morgan fingerprint density at radius 2 is 1.56 bits per heavy atom. The molecule has 0 saturated carbocycles.